The normalized spacial score (nSPS) is 10.2. The molecular weight excluding hydrogens is 204 g/mol. The second-order valence-corrected chi connectivity index (χ2v) is 4.05. The number of benzene rings is 1. The fourth-order valence-corrected chi connectivity index (χ4v) is 1.21. The van der Waals surface area contributed by atoms with E-state index in [0.717, 1.165) is 0 Å². The lowest BCUT2D eigenvalue weighted by Gasteiger charge is -2.07. The number of primary amides is 1. The number of carbonyl (C=O) groups is 2. The van der Waals surface area contributed by atoms with E-state index >= 15 is 0 Å². The van der Waals surface area contributed by atoms with Gasteiger partial charge in [-0.05, 0) is 24.1 Å². The van der Waals surface area contributed by atoms with Gasteiger partial charge in [0.05, 0.1) is 0 Å². The Morgan fingerprint density at radius 3 is 2.50 bits per heavy atom. The van der Waals surface area contributed by atoms with Gasteiger partial charge >= 0.3 is 0 Å². The first-order valence-electron chi connectivity index (χ1n) is 5.18. The third kappa shape index (κ3) is 3.38. The monoisotopic (exact) mass is 220 g/mol. The van der Waals surface area contributed by atoms with Gasteiger partial charge in [-0.3, -0.25) is 9.59 Å². The third-order valence-corrected chi connectivity index (χ3v) is 2.08. The van der Waals surface area contributed by atoms with Crippen molar-refractivity contribution in [3.05, 3.63) is 35.4 Å². The van der Waals surface area contributed by atoms with Gasteiger partial charge in [0.15, 0.2) is 0 Å². The average molecular weight is 220 g/mol. The van der Waals surface area contributed by atoms with Crippen LogP contribution >= 0.6 is 0 Å². The Labute approximate surface area is 94.8 Å². The lowest BCUT2D eigenvalue weighted by molar-refractivity contribution is 0.0949. The molecule has 1 aromatic carbocycles. The lowest BCUT2D eigenvalue weighted by Crippen LogP contribution is -2.27. The Morgan fingerprint density at radius 1 is 1.31 bits per heavy atom. The van der Waals surface area contributed by atoms with Crippen LogP contribution in [-0.2, 0) is 0 Å². The quantitative estimate of drug-likeness (QED) is 0.799. The Hall–Kier alpha value is -1.84. The Bertz CT molecular complexity index is 400. The minimum atomic E-state index is -0.529. The van der Waals surface area contributed by atoms with Gasteiger partial charge in [0, 0.05) is 17.7 Å². The van der Waals surface area contributed by atoms with Crippen molar-refractivity contribution in [2.45, 2.75) is 13.8 Å². The van der Waals surface area contributed by atoms with Crippen LogP contribution in [-0.4, -0.2) is 18.4 Å². The highest BCUT2D eigenvalue weighted by Gasteiger charge is 2.08. The van der Waals surface area contributed by atoms with Gasteiger partial charge in [-0.1, -0.05) is 19.9 Å². The zero-order valence-corrected chi connectivity index (χ0v) is 9.49. The predicted octanol–water partition coefficient (Wildman–Crippen LogP) is 1.17. The van der Waals surface area contributed by atoms with Gasteiger partial charge in [-0.25, -0.2) is 0 Å². The van der Waals surface area contributed by atoms with Crippen LogP contribution in [0.1, 0.15) is 34.6 Å². The molecule has 4 nitrogen and oxygen atoms in total. The molecule has 0 saturated heterocycles. The van der Waals surface area contributed by atoms with Crippen molar-refractivity contribution in [1.82, 2.24) is 5.32 Å². The molecule has 0 radical (unpaired) electrons. The van der Waals surface area contributed by atoms with E-state index < -0.39 is 5.91 Å². The Morgan fingerprint density at radius 2 is 1.94 bits per heavy atom. The topological polar surface area (TPSA) is 72.2 Å². The SMILES string of the molecule is CC(C)CNC(=O)c1cccc(C(N)=O)c1. The summed E-state index contributed by atoms with van der Waals surface area (Å²) in [6.45, 7) is 4.64. The van der Waals surface area contributed by atoms with Crippen molar-refractivity contribution in [1.29, 1.82) is 0 Å². The Balaban J connectivity index is 2.76. The molecule has 1 rings (SSSR count). The Kier molecular flexibility index (Phi) is 4.05. The van der Waals surface area contributed by atoms with E-state index in [2.05, 4.69) is 5.32 Å². The second kappa shape index (κ2) is 5.30. The van der Waals surface area contributed by atoms with Crippen LogP contribution in [0.5, 0.6) is 0 Å². The summed E-state index contributed by atoms with van der Waals surface area (Å²) < 4.78 is 0. The molecule has 0 bridgehead atoms. The number of nitrogens with one attached hydrogen (secondary N) is 1. The van der Waals surface area contributed by atoms with E-state index in [1.54, 1.807) is 18.2 Å². The van der Waals surface area contributed by atoms with Crippen molar-refractivity contribution in [3.63, 3.8) is 0 Å². The van der Waals surface area contributed by atoms with E-state index in [4.69, 9.17) is 5.73 Å². The maximum Gasteiger partial charge on any atom is 0.251 e. The molecule has 3 N–H and O–H groups in total. The predicted molar refractivity (Wildman–Crippen MR) is 62.1 cm³/mol. The van der Waals surface area contributed by atoms with Crippen LogP contribution in [0.15, 0.2) is 24.3 Å². The van der Waals surface area contributed by atoms with Crippen molar-refractivity contribution in [3.8, 4) is 0 Å². The van der Waals surface area contributed by atoms with E-state index in [9.17, 15) is 9.59 Å². The molecule has 0 unspecified atom stereocenters. The van der Waals surface area contributed by atoms with Crippen LogP contribution in [0.2, 0.25) is 0 Å². The first-order valence-corrected chi connectivity index (χ1v) is 5.18. The summed E-state index contributed by atoms with van der Waals surface area (Å²) in [5.41, 5.74) is 5.93. The highest BCUT2D eigenvalue weighted by Crippen LogP contribution is 2.04. The number of nitrogens with two attached hydrogens (primary N) is 1. The molecule has 4 heteroatoms. The number of hydrogen-bond donors (Lipinski definition) is 2. The van der Waals surface area contributed by atoms with Crippen molar-refractivity contribution in [2.24, 2.45) is 11.7 Å². The first-order chi connectivity index (χ1) is 7.50. The van der Waals surface area contributed by atoms with Crippen LogP contribution in [0.4, 0.5) is 0 Å². The maximum absolute atomic E-state index is 11.7. The number of hydrogen-bond acceptors (Lipinski definition) is 2. The van der Waals surface area contributed by atoms with E-state index in [1.807, 2.05) is 13.8 Å². The summed E-state index contributed by atoms with van der Waals surface area (Å²) in [6, 6.07) is 6.38. The van der Waals surface area contributed by atoms with Crippen molar-refractivity contribution in [2.75, 3.05) is 6.54 Å². The van der Waals surface area contributed by atoms with Crippen LogP contribution in [0.25, 0.3) is 0 Å². The standard InChI is InChI=1S/C12H16N2O2/c1-8(2)7-14-12(16)10-5-3-4-9(6-10)11(13)15/h3-6,8H,7H2,1-2H3,(H2,13,15)(H,14,16). The number of rotatable bonds is 4. The fourth-order valence-electron chi connectivity index (χ4n) is 1.21. The average Bonchev–Trinajstić information content (AvgIpc) is 2.26. The largest absolute Gasteiger partial charge is 0.366 e. The highest BCUT2D eigenvalue weighted by molar-refractivity contribution is 5.99. The summed E-state index contributed by atoms with van der Waals surface area (Å²) in [7, 11) is 0. The molecule has 0 spiro atoms. The van der Waals surface area contributed by atoms with Crippen molar-refractivity contribution >= 4 is 11.8 Å². The zero-order chi connectivity index (χ0) is 12.1. The molecule has 0 saturated carbocycles. The highest BCUT2D eigenvalue weighted by atomic mass is 16.2. The summed E-state index contributed by atoms with van der Waals surface area (Å²) in [5, 5.41) is 2.77. The minimum absolute atomic E-state index is 0.184. The number of carbonyl (C=O) groups excluding carboxylic acids is 2. The molecular formula is C12H16N2O2. The third-order valence-electron chi connectivity index (χ3n) is 2.08. The molecule has 0 fully saturated rings. The first kappa shape index (κ1) is 12.2. The van der Waals surface area contributed by atoms with E-state index in [1.165, 1.54) is 6.07 Å². The molecule has 0 aliphatic carbocycles. The summed E-state index contributed by atoms with van der Waals surface area (Å²) in [4.78, 5) is 22.6. The van der Waals surface area contributed by atoms with Gasteiger partial charge in [0.1, 0.15) is 0 Å². The van der Waals surface area contributed by atoms with Crippen LogP contribution in [0, 0.1) is 5.92 Å². The zero-order valence-electron chi connectivity index (χ0n) is 9.49. The van der Waals surface area contributed by atoms with E-state index in [0.29, 0.717) is 23.6 Å². The lowest BCUT2D eigenvalue weighted by atomic mass is 10.1. The number of amides is 2. The fraction of sp³-hybridized carbons (Fsp3) is 0.333. The van der Waals surface area contributed by atoms with Crippen molar-refractivity contribution < 1.29 is 9.59 Å². The molecule has 0 atom stereocenters. The van der Waals surface area contributed by atoms with Gasteiger partial charge in [-0.15, -0.1) is 0 Å². The molecule has 1 aromatic rings. The van der Waals surface area contributed by atoms with E-state index in [-0.39, 0.29) is 5.91 Å². The molecule has 2 amide bonds. The van der Waals surface area contributed by atoms with Gasteiger partial charge < -0.3 is 11.1 Å². The van der Waals surface area contributed by atoms with Gasteiger partial charge in [-0.2, -0.15) is 0 Å². The summed E-state index contributed by atoms with van der Waals surface area (Å²) in [6.07, 6.45) is 0. The smallest absolute Gasteiger partial charge is 0.251 e. The molecule has 0 aliphatic rings. The van der Waals surface area contributed by atoms with Gasteiger partial charge in [0.25, 0.3) is 5.91 Å². The van der Waals surface area contributed by atoms with Crippen LogP contribution in [0.3, 0.4) is 0 Å². The molecule has 16 heavy (non-hydrogen) atoms. The van der Waals surface area contributed by atoms with Crippen LogP contribution < -0.4 is 11.1 Å². The summed E-state index contributed by atoms with van der Waals surface area (Å²) in [5.74, 6) is -0.321. The molecule has 86 valence electrons. The second-order valence-electron chi connectivity index (χ2n) is 4.05. The van der Waals surface area contributed by atoms with Gasteiger partial charge in [0.2, 0.25) is 5.91 Å². The minimum Gasteiger partial charge on any atom is -0.366 e. The maximum atomic E-state index is 11.7. The molecule has 0 heterocycles. The summed E-state index contributed by atoms with van der Waals surface area (Å²) >= 11 is 0. The molecule has 0 aromatic heterocycles. The molecule has 0 aliphatic heterocycles.